The molecule has 0 spiro atoms. The van der Waals surface area contributed by atoms with Crippen LogP contribution >= 0.6 is 7.14 Å². The lowest BCUT2D eigenvalue weighted by atomic mass is 10.2. The van der Waals surface area contributed by atoms with Gasteiger partial charge in [0.15, 0.2) is 0 Å². The number of benzene rings is 2. The number of carbonyl (C=O) groups excluding carboxylic acids is 1. The van der Waals surface area contributed by atoms with Gasteiger partial charge in [0.2, 0.25) is 0 Å². The second-order valence-electron chi connectivity index (χ2n) is 5.23. The molecule has 3 nitrogen and oxygen atoms in total. The van der Waals surface area contributed by atoms with E-state index in [-0.39, 0.29) is 12.3 Å². The van der Waals surface area contributed by atoms with Crippen molar-refractivity contribution in [1.29, 1.82) is 0 Å². The minimum Gasteiger partial charge on any atom is -0.549 e. The predicted octanol–water partition coefficient (Wildman–Crippen LogP) is 2.89. The average molecular weight is 301 g/mol. The minimum atomic E-state index is -2.97. The smallest absolute Gasteiger partial charge is 0.104 e. The van der Waals surface area contributed by atoms with Gasteiger partial charge in [-0.3, -0.25) is 0 Å². The quantitative estimate of drug-likeness (QED) is 0.771. The van der Waals surface area contributed by atoms with Crippen molar-refractivity contribution in [2.45, 2.75) is 24.9 Å². The fourth-order valence-corrected chi connectivity index (χ4v) is 5.01. The highest BCUT2D eigenvalue weighted by Crippen LogP contribution is 2.56. The molecule has 0 unspecified atom stereocenters. The summed E-state index contributed by atoms with van der Waals surface area (Å²) in [4.78, 5) is 11.2. The van der Waals surface area contributed by atoms with Gasteiger partial charge in [-0.15, -0.1) is 0 Å². The molecule has 0 radical (unpaired) electrons. The molecule has 0 aromatic heterocycles. The Morgan fingerprint density at radius 1 is 0.952 bits per heavy atom. The molecule has 0 aliphatic heterocycles. The van der Waals surface area contributed by atoms with Crippen molar-refractivity contribution < 1.29 is 14.5 Å². The van der Waals surface area contributed by atoms with Crippen LogP contribution in [0, 0.1) is 0 Å². The molecule has 21 heavy (non-hydrogen) atoms. The molecule has 0 amide bonds. The SMILES string of the molecule is C[C@H](C(=O)[O-])P(=O)(Cc1ccccc1)Cc1ccccc1. The molecule has 0 saturated heterocycles. The van der Waals surface area contributed by atoms with Crippen LogP contribution in [0.4, 0.5) is 0 Å². The van der Waals surface area contributed by atoms with Crippen LogP contribution in [-0.4, -0.2) is 11.6 Å². The van der Waals surface area contributed by atoms with E-state index in [4.69, 9.17) is 0 Å². The summed E-state index contributed by atoms with van der Waals surface area (Å²) in [5.74, 6) is -1.25. The van der Waals surface area contributed by atoms with Crippen LogP contribution < -0.4 is 5.11 Å². The van der Waals surface area contributed by atoms with Crippen molar-refractivity contribution in [1.82, 2.24) is 0 Å². The number of aliphatic carboxylic acids is 1. The van der Waals surface area contributed by atoms with Gasteiger partial charge in [-0.05, 0) is 11.1 Å². The van der Waals surface area contributed by atoms with Crippen LogP contribution in [0.2, 0.25) is 0 Å². The molecule has 110 valence electrons. The molecule has 0 heterocycles. The molecule has 4 heteroatoms. The zero-order valence-electron chi connectivity index (χ0n) is 11.9. The largest absolute Gasteiger partial charge is 0.549 e. The van der Waals surface area contributed by atoms with Crippen molar-refractivity contribution in [3.05, 3.63) is 71.8 Å². The van der Waals surface area contributed by atoms with E-state index in [0.29, 0.717) is 0 Å². The maximum Gasteiger partial charge on any atom is 0.104 e. The number of rotatable bonds is 6. The van der Waals surface area contributed by atoms with Gasteiger partial charge in [0, 0.05) is 18.0 Å². The molecule has 2 aromatic carbocycles. The summed E-state index contributed by atoms with van der Waals surface area (Å²) in [6.45, 7) is 1.49. The van der Waals surface area contributed by atoms with Crippen LogP contribution in [0.1, 0.15) is 18.1 Å². The van der Waals surface area contributed by atoms with Gasteiger partial charge in [-0.2, -0.15) is 0 Å². The van der Waals surface area contributed by atoms with Crippen molar-refractivity contribution in [3.8, 4) is 0 Å². The van der Waals surface area contributed by atoms with Gasteiger partial charge in [-0.25, -0.2) is 0 Å². The Labute approximate surface area is 125 Å². The monoisotopic (exact) mass is 301 g/mol. The number of carbonyl (C=O) groups is 1. The number of hydrogen-bond donors (Lipinski definition) is 0. The van der Waals surface area contributed by atoms with Crippen LogP contribution in [-0.2, 0) is 21.7 Å². The first-order valence-corrected chi connectivity index (χ1v) is 9.02. The third-order valence-electron chi connectivity index (χ3n) is 3.63. The van der Waals surface area contributed by atoms with E-state index in [9.17, 15) is 14.5 Å². The van der Waals surface area contributed by atoms with Crippen molar-refractivity contribution in [2.75, 3.05) is 0 Å². The number of hydrogen-bond acceptors (Lipinski definition) is 3. The topological polar surface area (TPSA) is 57.2 Å². The van der Waals surface area contributed by atoms with E-state index < -0.39 is 18.8 Å². The Hall–Kier alpha value is -1.86. The molecular weight excluding hydrogens is 283 g/mol. The lowest BCUT2D eigenvalue weighted by Gasteiger charge is -2.26. The highest BCUT2D eigenvalue weighted by atomic mass is 31.2. The van der Waals surface area contributed by atoms with Gasteiger partial charge >= 0.3 is 0 Å². The molecule has 2 rings (SSSR count). The van der Waals surface area contributed by atoms with Crippen LogP contribution in [0.15, 0.2) is 60.7 Å². The van der Waals surface area contributed by atoms with Crippen molar-refractivity contribution in [3.63, 3.8) is 0 Å². The molecule has 0 saturated carbocycles. The Kier molecular flexibility index (Phi) is 4.98. The lowest BCUT2D eigenvalue weighted by Crippen LogP contribution is -2.34. The minimum absolute atomic E-state index is 0.276. The molecule has 0 aliphatic carbocycles. The maximum atomic E-state index is 13.3. The van der Waals surface area contributed by atoms with Crippen LogP contribution in [0.5, 0.6) is 0 Å². The molecule has 0 aliphatic rings. The standard InChI is InChI=1S/C17H19O3P/c1-14(17(18)19)21(20,12-15-8-4-2-5-9-15)13-16-10-6-3-7-11-16/h2-11,14H,12-13H2,1H3,(H,18,19)/p-1/t14-/m1/s1. The normalized spacial score (nSPS) is 12.8. The first-order valence-electron chi connectivity index (χ1n) is 6.88. The summed E-state index contributed by atoms with van der Waals surface area (Å²) in [7, 11) is -2.97. The fourth-order valence-electron chi connectivity index (χ4n) is 2.31. The van der Waals surface area contributed by atoms with Gasteiger partial charge in [0.05, 0.1) is 5.97 Å². The molecule has 0 fully saturated rings. The zero-order valence-corrected chi connectivity index (χ0v) is 12.8. The van der Waals surface area contributed by atoms with E-state index in [0.717, 1.165) is 11.1 Å². The summed E-state index contributed by atoms with van der Waals surface area (Å²) in [5, 5.41) is 11.2. The molecule has 2 aromatic rings. The van der Waals surface area contributed by atoms with Gasteiger partial charge in [0.1, 0.15) is 7.14 Å². The van der Waals surface area contributed by atoms with Crippen molar-refractivity contribution >= 4 is 13.1 Å². The average Bonchev–Trinajstić information content (AvgIpc) is 2.48. The van der Waals surface area contributed by atoms with Crippen LogP contribution in [0.3, 0.4) is 0 Å². The fraction of sp³-hybridized carbons (Fsp3) is 0.235. The van der Waals surface area contributed by atoms with E-state index >= 15 is 0 Å². The van der Waals surface area contributed by atoms with Crippen LogP contribution in [0.25, 0.3) is 0 Å². The molecular formula is C17H18O3P-. The molecule has 1 atom stereocenters. The summed E-state index contributed by atoms with van der Waals surface area (Å²) >= 11 is 0. The van der Waals surface area contributed by atoms with Gasteiger partial charge in [0.25, 0.3) is 0 Å². The maximum absolute atomic E-state index is 13.3. The summed E-state index contributed by atoms with van der Waals surface area (Å²) < 4.78 is 13.3. The predicted molar refractivity (Wildman–Crippen MR) is 82.4 cm³/mol. The van der Waals surface area contributed by atoms with Gasteiger partial charge in [-0.1, -0.05) is 67.6 Å². The summed E-state index contributed by atoms with van der Waals surface area (Å²) in [6.07, 6.45) is 0.551. The molecule has 0 N–H and O–H groups in total. The van der Waals surface area contributed by atoms with E-state index in [1.165, 1.54) is 6.92 Å². The van der Waals surface area contributed by atoms with E-state index in [1.807, 2.05) is 60.7 Å². The Morgan fingerprint density at radius 2 is 1.33 bits per heavy atom. The Bertz CT molecular complexity index is 592. The lowest BCUT2D eigenvalue weighted by molar-refractivity contribution is -0.304. The zero-order chi connectivity index (χ0) is 15.3. The highest BCUT2D eigenvalue weighted by molar-refractivity contribution is 7.64. The Balaban J connectivity index is 2.30. The summed E-state index contributed by atoms with van der Waals surface area (Å²) in [6, 6.07) is 18.7. The number of carboxylic acid groups (broad SMARTS) is 1. The second-order valence-corrected chi connectivity index (χ2v) is 8.55. The Morgan fingerprint density at radius 3 is 1.67 bits per heavy atom. The first kappa shape index (κ1) is 15.5. The van der Waals surface area contributed by atoms with E-state index in [1.54, 1.807) is 0 Å². The molecule has 0 bridgehead atoms. The van der Waals surface area contributed by atoms with E-state index in [2.05, 4.69) is 0 Å². The van der Waals surface area contributed by atoms with Crippen molar-refractivity contribution in [2.24, 2.45) is 0 Å². The van der Waals surface area contributed by atoms with Gasteiger partial charge < -0.3 is 14.5 Å². The first-order chi connectivity index (χ1) is 10.0. The third kappa shape index (κ3) is 4.05. The number of carboxylic acids is 1. The second kappa shape index (κ2) is 6.73. The third-order valence-corrected chi connectivity index (χ3v) is 7.06. The summed E-state index contributed by atoms with van der Waals surface area (Å²) in [5.41, 5.74) is 0.827. The highest BCUT2D eigenvalue weighted by Gasteiger charge is 2.31.